The molecule has 0 saturated carbocycles. The van der Waals surface area contributed by atoms with Gasteiger partial charge in [0.05, 0.1) is 0 Å². The van der Waals surface area contributed by atoms with Crippen molar-refractivity contribution in [3.05, 3.63) is 35.9 Å². The molecule has 4 heteroatoms. The molecule has 0 aromatic heterocycles. The average molecular weight is 274 g/mol. The zero-order valence-electron chi connectivity index (χ0n) is 13.0. The van der Waals surface area contributed by atoms with Gasteiger partial charge >= 0.3 is 0 Å². The minimum atomic E-state index is 0.481. The van der Waals surface area contributed by atoms with Gasteiger partial charge < -0.3 is 10.2 Å². The number of likely N-dealkylation sites (tertiary alicyclic amines) is 1. The summed E-state index contributed by atoms with van der Waals surface area (Å²) in [5.41, 5.74) is 1.39. The number of aliphatic imine (C=N–C) groups is 1. The smallest absolute Gasteiger partial charge is 0.193 e. The van der Waals surface area contributed by atoms with Crippen molar-refractivity contribution in [3.63, 3.8) is 0 Å². The molecule has 2 rings (SSSR count). The van der Waals surface area contributed by atoms with Gasteiger partial charge in [0.15, 0.2) is 5.96 Å². The number of rotatable bonds is 3. The molecule has 0 bridgehead atoms. The van der Waals surface area contributed by atoms with E-state index in [9.17, 15) is 0 Å². The van der Waals surface area contributed by atoms with Crippen LogP contribution in [0.3, 0.4) is 0 Å². The first-order chi connectivity index (χ1) is 9.60. The highest BCUT2D eigenvalue weighted by atomic mass is 15.3. The van der Waals surface area contributed by atoms with Crippen LogP contribution >= 0.6 is 0 Å². The number of hydrogen-bond acceptors (Lipinski definition) is 2. The monoisotopic (exact) mass is 274 g/mol. The van der Waals surface area contributed by atoms with Gasteiger partial charge in [-0.1, -0.05) is 30.3 Å². The van der Waals surface area contributed by atoms with E-state index in [0.717, 1.165) is 19.0 Å². The van der Waals surface area contributed by atoms with Crippen LogP contribution in [-0.4, -0.2) is 55.5 Å². The average Bonchev–Trinajstić information content (AvgIpc) is 2.77. The van der Waals surface area contributed by atoms with Crippen molar-refractivity contribution >= 4 is 5.96 Å². The zero-order chi connectivity index (χ0) is 14.5. The van der Waals surface area contributed by atoms with Crippen molar-refractivity contribution in [2.45, 2.75) is 32.0 Å². The van der Waals surface area contributed by atoms with Crippen LogP contribution in [0.15, 0.2) is 35.3 Å². The summed E-state index contributed by atoms with van der Waals surface area (Å²) in [4.78, 5) is 8.87. The van der Waals surface area contributed by atoms with Gasteiger partial charge in [0.1, 0.15) is 0 Å². The number of benzene rings is 1. The molecular formula is C16H26N4. The predicted molar refractivity (Wildman–Crippen MR) is 84.9 cm³/mol. The van der Waals surface area contributed by atoms with Crippen molar-refractivity contribution in [3.8, 4) is 0 Å². The maximum atomic E-state index is 4.30. The minimum absolute atomic E-state index is 0.481. The lowest BCUT2D eigenvalue weighted by molar-refractivity contribution is 0.258. The summed E-state index contributed by atoms with van der Waals surface area (Å²) in [6, 6.07) is 11.8. The molecule has 2 atom stereocenters. The number of hydrogen-bond donors (Lipinski definition) is 1. The maximum absolute atomic E-state index is 4.30. The molecule has 0 aliphatic carbocycles. The second kappa shape index (κ2) is 6.75. The molecule has 1 N–H and O–H groups in total. The Kier molecular flexibility index (Phi) is 5.01. The molecular weight excluding hydrogens is 248 g/mol. The van der Waals surface area contributed by atoms with E-state index in [4.69, 9.17) is 0 Å². The van der Waals surface area contributed by atoms with Crippen LogP contribution in [0.5, 0.6) is 0 Å². The summed E-state index contributed by atoms with van der Waals surface area (Å²) in [6.45, 7) is 4.41. The Balaban J connectivity index is 1.92. The fraction of sp³-hybridized carbons (Fsp3) is 0.562. The zero-order valence-corrected chi connectivity index (χ0v) is 13.0. The SMILES string of the molecule is CN=C(NC1CC(C)N(Cc2ccccc2)C1)N(C)C. The van der Waals surface area contributed by atoms with E-state index in [1.165, 1.54) is 12.0 Å². The van der Waals surface area contributed by atoms with Crippen molar-refractivity contribution in [1.29, 1.82) is 0 Å². The molecule has 0 spiro atoms. The lowest BCUT2D eigenvalue weighted by atomic mass is 10.2. The third kappa shape index (κ3) is 3.73. The molecule has 2 unspecified atom stereocenters. The van der Waals surface area contributed by atoms with Crippen LogP contribution in [0.25, 0.3) is 0 Å². The van der Waals surface area contributed by atoms with Crippen LogP contribution in [0, 0.1) is 0 Å². The summed E-state index contributed by atoms with van der Waals surface area (Å²) in [6.07, 6.45) is 1.17. The number of nitrogens with zero attached hydrogens (tertiary/aromatic N) is 3. The Morgan fingerprint density at radius 1 is 1.35 bits per heavy atom. The maximum Gasteiger partial charge on any atom is 0.193 e. The van der Waals surface area contributed by atoms with Gasteiger partial charge in [-0.25, -0.2) is 0 Å². The first-order valence-electron chi connectivity index (χ1n) is 7.28. The van der Waals surface area contributed by atoms with E-state index < -0.39 is 0 Å². The Morgan fingerprint density at radius 3 is 2.65 bits per heavy atom. The van der Waals surface area contributed by atoms with E-state index in [-0.39, 0.29) is 0 Å². The van der Waals surface area contributed by atoms with Crippen molar-refractivity contribution in [2.75, 3.05) is 27.7 Å². The summed E-state index contributed by atoms with van der Waals surface area (Å²) >= 11 is 0. The molecule has 1 aliphatic heterocycles. The van der Waals surface area contributed by atoms with E-state index in [2.05, 4.69) is 52.5 Å². The topological polar surface area (TPSA) is 30.9 Å². The van der Waals surface area contributed by atoms with Gasteiger partial charge in [-0.05, 0) is 18.9 Å². The molecule has 20 heavy (non-hydrogen) atoms. The predicted octanol–water partition coefficient (Wildman–Crippen LogP) is 1.79. The van der Waals surface area contributed by atoms with Gasteiger partial charge in [0.25, 0.3) is 0 Å². The highest BCUT2D eigenvalue weighted by molar-refractivity contribution is 5.79. The Labute approximate surface area is 122 Å². The van der Waals surface area contributed by atoms with Crippen LogP contribution < -0.4 is 5.32 Å². The molecule has 1 aromatic rings. The Hall–Kier alpha value is -1.55. The lowest BCUT2D eigenvalue weighted by Gasteiger charge is -2.22. The normalized spacial score (nSPS) is 23.9. The molecule has 0 radical (unpaired) electrons. The first kappa shape index (κ1) is 14.9. The highest BCUT2D eigenvalue weighted by Gasteiger charge is 2.29. The summed E-state index contributed by atoms with van der Waals surface area (Å²) in [5, 5.41) is 3.55. The standard InChI is InChI=1S/C16H26N4/c1-13-10-15(18-16(17-2)19(3)4)12-20(13)11-14-8-6-5-7-9-14/h5-9,13,15H,10-12H2,1-4H3,(H,17,18). The molecule has 1 aromatic carbocycles. The van der Waals surface area contributed by atoms with E-state index in [1.54, 1.807) is 0 Å². The van der Waals surface area contributed by atoms with Crippen molar-refractivity contribution in [1.82, 2.24) is 15.1 Å². The fourth-order valence-electron chi connectivity index (χ4n) is 2.82. The molecule has 4 nitrogen and oxygen atoms in total. The van der Waals surface area contributed by atoms with E-state index >= 15 is 0 Å². The summed E-state index contributed by atoms with van der Waals surface area (Å²) < 4.78 is 0. The third-order valence-electron chi connectivity index (χ3n) is 3.90. The van der Waals surface area contributed by atoms with Crippen LogP contribution in [0.1, 0.15) is 18.9 Å². The molecule has 1 saturated heterocycles. The largest absolute Gasteiger partial charge is 0.352 e. The second-order valence-electron chi connectivity index (χ2n) is 5.78. The van der Waals surface area contributed by atoms with Crippen LogP contribution in [0.4, 0.5) is 0 Å². The van der Waals surface area contributed by atoms with Crippen LogP contribution in [-0.2, 0) is 6.54 Å². The van der Waals surface area contributed by atoms with Crippen LogP contribution in [0.2, 0.25) is 0 Å². The van der Waals surface area contributed by atoms with Crippen molar-refractivity contribution < 1.29 is 0 Å². The number of guanidine groups is 1. The van der Waals surface area contributed by atoms with Gasteiger partial charge in [-0.15, -0.1) is 0 Å². The van der Waals surface area contributed by atoms with Crippen molar-refractivity contribution in [2.24, 2.45) is 4.99 Å². The van der Waals surface area contributed by atoms with Gasteiger partial charge in [0, 0.05) is 46.3 Å². The summed E-state index contributed by atoms with van der Waals surface area (Å²) in [5.74, 6) is 0.962. The molecule has 1 fully saturated rings. The van der Waals surface area contributed by atoms with E-state index in [0.29, 0.717) is 12.1 Å². The Bertz CT molecular complexity index is 441. The minimum Gasteiger partial charge on any atom is -0.352 e. The summed E-state index contributed by atoms with van der Waals surface area (Å²) in [7, 11) is 5.88. The molecule has 110 valence electrons. The molecule has 0 amide bonds. The molecule has 1 aliphatic rings. The van der Waals surface area contributed by atoms with Gasteiger partial charge in [-0.3, -0.25) is 9.89 Å². The third-order valence-corrected chi connectivity index (χ3v) is 3.90. The highest BCUT2D eigenvalue weighted by Crippen LogP contribution is 2.20. The number of nitrogens with one attached hydrogen (secondary N) is 1. The first-order valence-corrected chi connectivity index (χ1v) is 7.28. The molecule has 1 heterocycles. The Morgan fingerprint density at radius 2 is 2.05 bits per heavy atom. The quantitative estimate of drug-likeness (QED) is 0.673. The fourth-order valence-corrected chi connectivity index (χ4v) is 2.82. The van der Waals surface area contributed by atoms with Gasteiger partial charge in [-0.2, -0.15) is 0 Å². The second-order valence-corrected chi connectivity index (χ2v) is 5.78. The van der Waals surface area contributed by atoms with E-state index in [1.807, 2.05) is 26.0 Å². The van der Waals surface area contributed by atoms with Gasteiger partial charge in [0.2, 0.25) is 0 Å². The lowest BCUT2D eigenvalue weighted by Crippen LogP contribution is -2.43.